The van der Waals surface area contributed by atoms with Gasteiger partial charge >= 0.3 is 6.03 Å². The first kappa shape index (κ1) is 13.4. The summed E-state index contributed by atoms with van der Waals surface area (Å²) >= 11 is 0. The van der Waals surface area contributed by atoms with Crippen LogP contribution in [0.2, 0.25) is 0 Å². The molecule has 2 aliphatic carbocycles. The maximum atomic E-state index is 11.7. The Morgan fingerprint density at radius 2 is 1.70 bits per heavy atom. The first-order valence-electron chi connectivity index (χ1n) is 6.89. The summed E-state index contributed by atoms with van der Waals surface area (Å²) < 4.78 is 24.1. The van der Waals surface area contributed by atoms with Crippen LogP contribution in [0, 0.1) is 0 Å². The van der Waals surface area contributed by atoms with Crippen LogP contribution in [0.1, 0.15) is 35.1 Å². The fourth-order valence-corrected chi connectivity index (χ4v) is 3.72. The third-order valence-electron chi connectivity index (χ3n) is 4.01. The zero-order valence-electron chi connectivity index (χ0n) is 11.5. The minimum Gasteiger partial charge on any atom is -0.307 e. The van der Waals surface area contributed by atoms with Crippen LogP contribution in [0.25, 0.3) is 0 Å². The van der Waals surface area contributed by atoms with Gasteiger partial charge in [0.25, 0.3) is 0 Å². The molecule has 0 saturated carbocycles. The van der Waals surface area contributed by atoms with Crippen LogP contribution < -0.4 is 10.0 Å². The lowest BCUT2D eigenvalue weighted by Crippen LogP contribution is -2.33. The minimum atomic E-state index is -3.53. The number of rotatable bonds is 2. The zero-order chi connectivity index (χ0) is 14.3. The van der Waals surface area contributed by atoms with Gasteiger partial charge in [0, 0.05) is 5.69 Å². The summed E-state index contributed by atoms with van der Waals surface area (Å²) in [6, 6.07) is 1.34. The highest BCUT2D eigenvalue weighted by molar-refractivity contribution is 7.89. The van der Waals surface area contributed by atoms with E-state index in [0.29, 0.717) is 0 Å². The van der Waals surface area contributed by atoms with Crippen LogP contribution in [0.3, 0.4) is 0 Å². The van der Waals surface area contributed by atoms with E-state index in [-0.39, 0.29) is 0 Å². The van der Waals surface area contributed by atoms with Gasteiger partial charge in [0.2, 0.25) is 10.0 Å². The van der Waals surface area contributed by atoms with Crippen LogP contribution in [-0.2, 0) is 35.7 Å². The van der Waals surface area contributed by atoms with Gasteiger partial charge in [-0.05, 0) is 66.8 Å². The molecule has 0 aliphatic heterocycles. The molecule has 0 fully saturated rings. The highest BCUT2D eigenvalue weighted by Crippen LogP contribution is 2.38. The Labute approximate surface area is 118 Å². The predicted octanol–water partition coefficient (Wildman–Crippen LogP) is 1.75. The second-order valence-corrected chi connectivity index (χ2v) is 7.30. The minimum absolute atomic E-state index is 0.681. The molecule has 0 bridgehead atoms. The number of sulfonamides is 1. The molecule has 0 atom stereocenters. The first-order valence-corrected chi connectivity index (χ1v) is 8.78. The lowest BCUT2D eigenvalue weighted by atomic mass is 9.98. The third kappa shape index (κ3) is 2.52. The number of hydrogen-bond donors (Lipinski definition) is 2. The third-order valence-corrected chi connectivity index (χ3v) is 4.57. The number of anilines is 1. The van der Waals surface area contributed by atoms with Crippen molar-refractivity contribution < 1.29 is 13.2 Å². The fraction of sp³-hybridized carbons (Fsp3) is 0.500. The van der Waals surface area contributed by atoms with E-state index in [0.717, 1.165) is 44.0 Å². The molecule has 1 aromatic rings. The Balaban J connectivity index is 1.91. The Morgan fingerprint density at radius 1 is 1.05 bits per heavy atom. The second kappa shape index (κ2) is 4.77. The van der Waals surface area contributed by atoms with Gasteiger partial charge in [-0.25, -0.2) is 17.9 Å². The van der Waals surface area contributed by atoms with Gasteiger partial charge in [-0.1, -0.05) is 0 Å². The SMILES string of the molecule is CS(=O)(=O)NC(=O)Nc1cc2c(c3c1CCC3)CCC2. The van der Waals surface area contributed by atoms with Gasteiger partial charge in [0.1, 0.15) is 0 Å². The molecule has 2 aliphatic rings. The average molecular weight is 294 g/mol. The number of urea groups is 1. The quantitative estimate of drug-likeness (QED) is 0.872. The maximum Gasteiger partial charge on any atom is 0.332 e. The Hall–Kier alpha value is -1.56. The van der Waals surface area contributed by atoms with Crippen molar-refractivity contribution in [1.82, 2.24) is 4.72 Å². The van der Waals surface area contributed by atoms with Gasteiger partial charge < -0.3 is 5.32 Å². The lowest BCUT2D eigenvalue weighted by molar-refractivity contribution is 0.256. The van der Waals surface area contributed by atoms with Crippen molar-refractivity contribution in [2.24, 2.45) is 0 Å². The molecular weight excluding hydrogens is 276 g/mol. The summed E-state index contributed by atoms with van der Waals surface area (Å²) in [4.78, 5) is 11.7. The molecule has 0 radical (unpaired) electrons. The summed E-state index contributed by atoms with van der Waals surface area (Å²) in [6.45, 7) is 0. The number of fused-ring (bicyclic) bond motifs is 3. The van der Waals surface area contributed by atoms with E-state index < -0.39 is 16.1 Å². The first-order chi connectivity index (χ1) is 9.44. The summed E-state index contributed by atoms with van der Waals surface area (Å²) in [6.07, 6.45) is 7.45. The van der Waals surface area contributed by atoms with Crippen molar-refractivity contribution in [1.29, 1.82) is 0 Å². The van der Waals surface area contributed by atoms with Gasteiger partial charge in [-0.15, -0.1) is 0 Å². The van der Waals surface area contributed by atoms with Crippen molar-refractivity contribution >= 4 is 21.7 Å². The number of benzene rings is 1. The molecule has 20 heavy (non-hydrogen) atoms. The largest absolute Gasteiger partial charge is 0.332 e. The molecule has 0 spiro atoms. The number of carbonyl (C=O) groups excluding carboxylic acids is 1. The zero-order valence-corrected chi connectivity index (χ0v) is 12.3. The summed E-state index contributed by atoms with van der Waals surface area (Å²) in [5, 5.41) is 2.70. The molecule has 0 saturated heterocycles. The summed E-state index contributed by atoms with van der Waals surface area (Å²) in [5.74, 6) is 0. The van der Waals surface area contributed by atoms with E-state index in [2.05, 4.69) is 5.32 Å². The van der Waals surface area contributed by atoms with Gasteiger partial charge in [-0.3, -0.25) is 0 Å². The van der Waals surface area contributed by atoms with E-state index in [9.17, 15) is 13.2 Å². The van der Waals surface area contributed by atoms with E-state index in [1.54, 1.807) is 0 Å². The van der Waals surface area contributed by atoms with Crippen LogP contribution in [0.5, 0.6) is 0 Å². The topological polar surface area (TPSA) is 75.3 Å². The predicted molar refractivity (Wildman–Crippen MR) is 77.5 cm³/mol. The van der Waals surface area contributed by atoms with E-state index in [1.165, 1.54) is 28.7 Å². The van der Waals surface area contributed by atoms with E-state index in [1.807, 2.05) is 10.8 Å². The number of amides is 2. The molecule has 2 amide bonds. The number of carbonyl (C=O) groups is 1. The van der Waals surface area contributed by atoms with Crippen molar-refractivity contribution in [3.8, 4) is 0 Å². The highest BCUT2D eigenvalue weighted by atomic mass is 32.2. The molecule has 6 heteroatoms. The number of nitrogens with one attached hydrogen (secondary N) is 2. The van der Waals surface area contributed by atoms with Crippen molar-refractivity contribution in [2.75, 3.05) is 11.6 Å². The second-order valence-electron chi connectivity index (χ2n) is 5.55. The van der Waals surface area contributed by atoms with Crippen LogP contribution >= 0.6 is 0 Å². The molecule has 0 aromatic heterocycles. The Morgan fingerprint density at radius 3 is 2.45 bits per heavy atom. The van der Waals surface area contributed by atoms with Crippen molar-refractivity contribution in [3.63, 3.8) is 0 Å². The molecular formula is C14H18N2O3S. The van der Waals surface area contributed by atoms with Crippen LogP contribution in [-0.4, -0.2) is 20.7 Å². The van der Waals surface area contributed by atoms with Gasteiger partial charge in [0.05, 0.1) is 6.26 Å². The fourth-order valence-electron chi connectivity index (χ4n) is 3.33. The lowest BCUT2D eigenvalue weighted by Gasteiger charge is -2.14. The molecule has 5 nitrogen and oxygen atoms in total. The van der Waals surface area contributed by atoms with E-state index >= 15 is 0 Å². The van der Waals surface area contributed by atoms with Crippen molar-refractivity contribution in [3.05, 3.63) is 28.3 Å². The molecule has 0 unspecified atom stereocenters. The number of hydrogen-bond acceptors (Lipinski definition) is 3. The monoisotopic (exact) mass is 294 g/mol. The van der Waals surface area contributed by atoms with Gasteiger partial charge in [-0.2, -0.15) is 0 Å². The smallest absolute Gasteiger partial charge is 0.307 e. The highest BCUT2D eigenvalue weighted by Gasteiger charge is 2.25. The van der Waals surface area contributed by atoms with Crippen molar-refractivity contribution in [2.45, 2.75) is 38.5 Å². The molecule has 2 N–H and O–H groups in total. The standard InChI is InChI=1S/C14H18N2O3S/c1-20(18,19)16-14(17)15-13-8-9-4-2-5-10(9)11-6-3-7-12(11)13/h8H,2-7H2,1H3,(H2,15,16,17). The number of aryl methyl sites for hydroxylation is 1. The van der Waals surface area contributed by atoms with Crippen LogP contribution in [0.4, 0.5) is 10.5 Å². The maximum absolute atomic E-state index is 11.7. The molecule has 0 heterocycles. The molecule has 3 rings (SSSR count). The normalized spacial score (nSPS) is 16.6. The van der Waals surface area contributed by atoms with Gasteiger partial charge in [0.15, 0.2) is 0 Å². The molecule has 108 valence electrons. The summed E-state index contributed by atoms with van der Waals surface area (Å²) in [5.41, 5.74) is 6.12. The average Bonchev–Trinajstić information content (AvgIpc) is 2.92. The molecule has 1 aromatic carbocycles. The Bertz CT molecular complexity index is 680. The van der Waals surface area contributed by atoms with E-state index in [4.69, 9.17) is 0 Å². The summed E-state index contributed by atoms with van der Waals surface area (Å²) in [7, 11) is -3.53. The van der Waals surface area contributed by atoms with Crippen LogP contribution in [0.15, 0.2) is 6.07 Å². The Kier molecular flexibility index (Phi) is 3.20.